The summed E-state index contributed by atoms with van der Waals surface area (Å²) in [5.74, 6) is 0.840. The fraction of sp³-hybridized carbons (Fsp3) is 0.364. The van der Waals surface area contributed by atoms with Gasteiger partial charge in [0.15, 0.2) is 10.6 Å². The van der Waals surface area contributed by atoms with Crippen LogP contribution in [0.1, 0.15) is 18.4 Å². The van der Waals surface area contributed by atoms with E-state index in [-0.39, 0.29) is 6.10 Å². The molecular formula is C22H24Cl2N4OS. The summed E-state index contributed by atoms with van der Waals surface area (Å²) in [6, 6.07) is 15.6. The third-order valence-corrected chi connectivity index (χ3v) is 6.11. The molecule has 0 saturated carbocycles. The molecule has 1 fully saturated rings. The van der Waals surface area contributed by atoms with Gasteiger partial charge in [0, 0.05) is 28.8 Å². The highest BCUT2D eigenvalue weighted by Crippen LogP contribution is 2.24. The first kappa shape index (κ1) is 21.5. The normalized spacial score (nSPS) is 16.5. The highest BCUT2D eigenvalue weighted by molar-refractivity contribution is 7.71. The monoisotopic (exact) mass is 462 g/mol. The third-order valence-electron chi connectivity index (χ3n) is 5.18. The molecule has 1 saturated heterocycles. The Morgan fingerprint density at radius 1 is 1.10 bits per heavy atom. The smallest absolute Gasteiger partial charge is 0.199 e. The molecule has 1 aromatic heterocycles. The van der Waals surface area contributed by atoms with Crippen LogP contribution in [0.15, 0.2) is 48.5 Å². The molecule has 158 valence electrons. The minimum absolute atomic E-state index is 0.173. The fourth-order valence-electron chi connectivity index (χ4n) is 3.68. The van der Waals surface area contributed by atoms with Crippen LogP contribution in [0.3, 0.4) is 0 Å². The number of benzene rings is 2. The van der Waals surface area contributed by atoms with Crippen molar-refractivity contribution >= 4 is 35.4 Å². The molecule has 30 heavy (non-hydrogen) atoms. The van der Waals surface area contributed by atoms with Crippen molar-refractivity contribution in [3.8, 4) is 11.4 Å². The van der Waals surface area contributed by atoms with Gasteiger partial charge in [0.05, 0.1) is 19.3 Å². The second-order valence-corrected chi connectivity index (χ2v) is 8.88. The van der Waals surface area contributed by atoms with E-state index >= 15 is 0 Å². The molecule has 3 aromatic rings. The lowest BCUT2D eigenvalue weighted by atomic mass is 10.2. The Hall–Kier alpha value is -1.70. The van der Waals surface area contributed by atoms with E-state index in [2.05, 4.69) is 16.5 Å². The molecule has 4 rings (SSSR count). The summed E-state index contributed by atoms with van der Waals surface area (Å²) in [4.78, 5) is 2.17. The molecule has 0 bridgehead atoms. The van der Waals surface area contributed by atoms with Crippen molar-refractivity contribution in [3.63, 3.8) is 0 Å². The molecule has 2 aromatic carbocycles. The molecule has 5 nitrogen and oxygen atoms in total. The molecule has 0 aliphatic carbocycles. The fourth-order valence-corrected chi connectivity index (χ4v) is 4.19. The predicted molar refractivity (Wildman–Crippen MR) is 123 cm³/mol. The van der Waals surface area contributed by atoms with Crippen LogP contribution in [0.4, 0.5) is 0 Å². The minimum atomic E-state index is 0.173. The van der Waals surface area contributed by atoms with Crippen LogP contribution >= 0.6 is 35.4 Å². The number of ether oxygens (including phenoxy) is 1. The topological polar surface area (TPSA) is 35.2 Å². The van der Waals surface area contributed by atoms with Crippen molar-refractivity contribution < 1.29 is 4.74 Å². The molecule has 1 atom stereocenters. The predicted octanol–water partition coefficient (Wildman–Crippen LogP) is 5.66. The van der Waals surface area contributed by atoms with Gasteiger partial charge in [-0.05, 0) is 74.1 Å². The second kappa shape index (κ2) is 9.62. The van der Waals surface area contributed by atoms with Crippen molar-refractivity contribution in [1.82, 2.24) is 19.2 Å². The zero-order valence-electron chi connectivity index (χ0n) is 16.8. The molecule has 0 amide bonds. The van der Waals surface area contributed by atoms with E-state index in [1.165, 1.54) is 5.56 Å². The summed E-state index contributed by atoms with van der Waals surface area (Å²) < 4.78 is 10.5. The summed E-state index contributed by atoms with van der Waals surface area (Å²) in [5, 5.41) is 6.30. The van der Waals surface area contributed by atoms with E-state index in [1.54, 1.807) is 0 Å². The van der Waals surface area contributed by atoms with Gasteiger partial charge in [-0.3, -0.25) is 9.47 Å². The summed E-state index contributed by atoms with van der Waals surface area (Å²) in [6.07, 6.45) is 2.31. The van der Waals surface area contributed by atoms with Gasteiger partial charge in [0.2, 0.25) is 0 Å². The summed E-state index contributed by atoms with van der Waals surface area (Å²) in [6.45, 7) is 2.87. The highest BCUT2D eigenvalue weighted by Gasteiger charge is 2.21. The lowest BCUT2D eigenvalue weighted by Crippen LogP contribution is -2.23. The number of aromatic nitrogens is 3. The van der Waals surface area contributed by atoms with Crippen LogP contribution in [-0.2, 0) is 24.5 Å². The van der Waals surface area contributed by atoms with Crippen LogP contribution in [0.2, 0.25) is 10.0 Å². The SMILES string of the molecule is CN(Cc1ccc(Cl)cc1)Cn1nc(-c2ccc(Cl)cc2)n(C[C@H]2CCCO2)c1=S. The molecule has 1 aliphatic heterocycles. The Morgan fingerprint density at radius 3 is 2.40 bits per heavy atom. The van der Waals surface area contributed by atoms with E-state index in [9.17, 15) is 0 Å². The standard InChI is InChI=1S/C22H24Cl2N4OS/c1-26(13-16-4-8-18(23)9-5-16)15-28-22(30)27(14-20-3-2-12-29-20)21(25-28)17-6-10-19(24)11-7-17/h4-11,20H,2-3,12-15H2,1H3/t20-/m1/s1. The second-order valence-electron chi connectivity index (χ2n) is 7.64. The number of halogens is 2. The maximum absolute atomic E-state index is 6.08. The number of nitrogens with zero attached hydrogens (tertiary/aromatic N) is 4. The van der Waals surface area contributed by atoms with Gasteiger partial charge in [-0.2, -0.15) is 5.10 Å². The third kappa shape index (κ3) is 5.13. The first-order chi connectivity index (χ1) is 14.5. The van der Waals surface area contributed by atoms with Gasteiger partial charge in [-0.25, -0.2) is 4.68 Å². The van der Waals surface area contributed by atoms with E-state index in [1.807, 2.05) is 53.2 Å². The first-order valence-corrected chi connectivity index (χ1v) is 11.1. The van der Waals surface area contributed by atoms with Gasteiger partial charge < -0.3 is 4.74 Å². The van der Waals surface area contributed by atoms with Crippen LogP contribution in [0, 0.1) is 4.77 Å². The summed E-state index contributed by atoms with van der Waals surface area (Å²) in [5.41, 5.74) is 2.17. The minimum Gasteiger partial charge on any atom is -0.376 e. The average molecular weight is 463 g/mol. The molecule has 8 heteroatoms. The van der Waals surface area contributed by atoms with Gasteiger partial charge in [-0.1, -0.05) is 35.3 Å². The van der Waals surface area contributed by atoms with Crippen molar-refractivity contribution in [2.24, 2.45) is 0 Å². The zero-order chi connectivity index (χ0) is 21.1. The van der Waals surface area contributed by atoms with Gasteiger partial charge >= 0.3 is 0 Å². The molecule has 1 aliphatic rings. The number of rotatable bonds is 7. The molecule has 0 radical (unpaired) electrons. The Labute approximate surface area is 191 Å². The largest absolute Gasteiger partial charge is 0.376 e. The molecule has 0 spiro atoms. The Kier molecular flexibility index (Phi) is 6.91. The molecule has 0 unspecified atom stereocenters. The van der Waals surface area contributed by atoms with E-state index in [0.29, 0.717) is 23.0 Å². The van der Waals surface area contributed by atoms with Crippen molar-refractivity contribution in [3.05, 3.63) is 68.9 Å². The summed E-state index contributed by atoms with van der Waals surface area (Å²) in [7, 11) is 2.05. The van der Waals surface area contributed by atoms with Crippen LogP contribution < -0.4 is 0 Å². The lowest BCUT2D eigenvalue weighted by molar-refractivity contribution is 0.0967. The summed E-state index contributed by atoms with van der Waals surface area (Å²) >= 11 is 17.9. The van der Waals surface area contributed by atoms with E-state index < -0.39 is 0 Å². The van der Waals surface area contributed by atoms with Crippen molar-refractivity contribution in [1.29, 1.82) is 0 Å². The van der Waals surface area contributed by atoms with Crippen LogP contribution in [0.5, 0.6) is 0 Å². The first-order valence-electron chi connectivity index (χ1n) is 9.98. The van der Waals surface area contributed by atoms with Crippen LogP contribution in [0.25, 0.3) is 11.4 Å². The van der Waals surface area contributed by atoms with Gasteiger partial charge in [-0.15, -0.1) is 0 Å². The molecule has 2 heterocycles. The van der Waals surface area contributed by atoms with Gasteiger partial charge in [0.1, 0.15) is 0 Å². The van der Waals surface area contributed by atoms with Crippen LogP contribution in [-0.4, -0.2) is 39.0 Å². The quantitative estimate of drug-likeness (QED) is 0.424. The van der Waals surface area contributed by atoms with Crippen molar-refractivity contribution in [2.75, 3.05) is 13.7 Å². The molecular weight excluding hydrogens is 439 g/mol. The lowest BCUT2D eigenvalue weighted by Gasteiger charge is -2.16. The zero-order valence-corrected chi connectivity index (χ0v) is 19.1. The molecule has 0 N–H and O–H groups in total. The number of hydrogen-bond acceptors (Lipinski definition) is 4. The highest BCUT2D eigenvalue weighted by atomic mass is 35.5. The Bertz CT molecular complexity index is 1040. The van der Waals surface area contributed by atoms with Gasteiger partial charge in [0.25, 0.3) is 0 Å². The maximum Gasteiger partial charge on any atom is 0.199 e. The van der Waals surface area contributed by atoms with E-state index in [0.717, 1.165) is 42.4 Å². The maximum atomic E-state index is 6.08. The van der Waals surface area contributed by atoms with Crippen molar-refractivity contribution in [2.45, 2.75) is 38.7 Å². The Morgan fingerprint density at radius 2 is 1.77 bits per heavy atom. The average Bonchev–Trinajstić information content (AvgIpc) is 3.34. The number of hydrogen-bond donors (Lipinski definition) is 0. The van der Waals surface area contributed by atoms with E-state index in [4.69, 9.17) is 45.3 Å². The Balaban J connectivity index is 1.59.